The first-order chi connectivity index (χ1) is 8.67. The Labute approximate surface area is 103 Å². The predicted octanol–water partition coefficient (Wildman–Crippen LogP) is 1.48. The molecule has 0 unspecified atom stereocenters. The highest BCUT2D eigenvalue weighted by Gasteiger charge is 2.34. The number of nitrogens with zero attached hydrogens (tertiary/aromatic N) is 1. The minimum atomic E-state index is -5.08. The second-order valence-corrected chi connectivity index (χ2v) is 3.28. The van der Waals surface area contributed by atoms with E-state index < -0.39 is 47.8 Å². The van der Waals surface area contributed by atoms with Crippen LogP contribution in [0.25, 0.3) is 0 Å². The van der Waals surface area contributed by atoms with Crippen LogP contribution in [0.1, 0.15) is 28.0 Å². The number of primary amides is 1. The van der Waals surface area contributed by atoms with E-state index in [1.165, 1.54) is 0 Å². The van der Waals surface area contributed by atoms with Gasteiger partial charge in [0.2, 0.25) is 0 Å². The summed E-state index contributed by atoms with van der Waals surface area (Å²) >= 11 is 0. The molecular formula is C9H8F5N3O2. The lowest BCUT2D eigenvalue weighted by Crippen LogP contribution is -2.24. The summed E-state index contributed by atoms with van der Waals surface area (Å²) in [4.78, 5) is 14.1. The number of carbonyl (C=O) groups is 1. The maximum absolute atomic E-state index is 12.6. The topological polar surface area (TPSA) is 91.2 Å². The number of carbonyl (C=O) groups excluding carboxylic acids is 1. The van der Waals surface area contributed by atoms with Crippen LogP contribution in [-0.2, 0) is 6.54 Å². The molecule has 0 bridgehead atoms. The Morgan fingerprint density at radius 1 is 1.42 bits per heavy atom. The van der Waals surface area contributed by atoms with E-state index in [1.807, 2.05) is 0 Å². The van der Waals surface area contributed by atoms with Crippen molar-refractivity contribution in [3.63, 3.8) is 0 Å². The molecule has 0 atom stereocenters. The van der Waals surface area contributed by atoms with E-state index in [-0.39, 0.29) is 0 Å². The molecule has 0 aliphatic rings. The van der Waals surface area contributed by atoms with Gasteiger partial charge in [0, 0.05) is 12.1 Å². The van der Waals surface area contributed by atoms with Crippen molar-refractivity contribution in [2.75, 3.05) is 0 Å². The average molecular weight is 285 g/mol. The fourth-order valence-electron chi connectivity index (χ4n) is 1.40. The summed E-state index contributed by atoms with van der Waals surface area (Å²) in [6.07, 6.45) is -7.84. The molecule has 5 nitrogen and oxygen atoms in total. The van der Waals surface area contributed by atoms with Crippen molar-refractivity contribution in [3.8, 4) is 5.75 Å². The summed E-state index contributed by atoms with van der Waals surface area (Å²) in [6.45, 7) is -0.647. The first-order valence-corrected chi connectivity index (χ1v) is 4.73. The smallest absolute Gasteiger partial charge is 0.404 e. The maximum atomic E-state index is 12.6. The number of rotatable bonds is 4. The van der Waals surface area contributed by atoms with Crippen LogP contribution in [0.15, 0.2) is 6.20 Å². The van der Waals surface area contributed by atoms with Gasteiger partial charge in [0.1, 0.15) is 5.69 Å². The normalized spacial score (nSPS) is 11.7. The molecule has 1 rings (SSSR count). The monoisotopic (exact) mass is 285 g/mol. The summed E-state index contributed by atoms with van der Waals surface area (Å²) in [7, 11) is 0. The summed E-state index contributed by atoms with van der Waals surface area (Å²) in [5, 5.41) is 0. The molecule has 19 heavy (non-hydrogen) atoms. The Kier molecular flexibility index (Phi) is 4.24. The molecule has 4 N–H and O–H groups in total. The minimum Gasteiger partial charge on any atom is -0.404 e. The quantitative estimate of drug-likeness (QED) is 0.819. The molecule has 0 saturated heterocycles. The molecule has 10 heteroatoms. The summed E-state index contributed by atoms with van der Waals surface area (Å²) < 4.78 is 65.0. The molecule has 0 aliphatic carbocycles. The lowest BCUT2D eigenvalue weighted by Gasteiger charge is -2.16. The van der Waals surface area contributed by atoms with E-state index in [0.717, 1.165) is 0 Å². The van der Waals surface area contributed by atoms with Gasteiger partial charge in [0.25, 0.3) is 12.3 Å². The number of nitrogens with two attached hydrogens (primary N) is 2. The van der Waals surface area contributed by atoms with E-state index in [2.05, 4.69) is 9.72 Å². The zero-order valence-corrected chi connectivity index (χ0v) is 9.17. The molecule has 1 aromatic rings. The van der Waals surface area contributed by atoms with Gasteiger partial charge in [0.05, 0.1) is 11.8 Å². The molecule has 1 heterocycles. The van der Waals surface area contributed by atoms with Crippen LogP contribution in [0.2, 0.25) is 0 Å². The Morgan fingerprint density at radius 3 is 2.37 bits per heavy atom. The van der Waals surface area contributed by atoms with Crippen LogP contribution in [0.4, 0.5) is 22.0 Å². The number of halogens is 5. The predicted molar refractivity (Wildman–Crippen MR) is 52.3 cm³/mol. The van der Waals surface area contributed by atoms with Crippen LogP contribution < -0.4 is 16.2 Å². The maximum Gasteiger partial charge on any atom is 0.573 e. The van der Waals surface area contributed by atoms with Crippen molar-refractivity contribution < 1.29 is 31.5 Å². The first-order valence-electron chi connectivity index (χ1n) is 4.73. The fraction of sp³-hybridized carbons (Fsp3) is 0.333. The molecule has 0 radical (unpaired) electrons. The standard InChI is InChI=1S/C9H8F5N3O2/c10-7(11)6-5(8(16)18)3(1-15)4(2-17-6)19-9(12,13)14/h2,7H,1,15H2,(H2,16,18). The van der Waals surface area contributed by atoms with Gasteiger partial charge in [0.15, 0.2) is 5.75 Å². The lowest BCUT2D eigenvalue weighted by molar-refractivity contribution is -0.275. The van der Waals surface area contributed by atoms with E-state index in [0.29, 0.717) is 6.20 Å². The van der Waals surface area contributed by atoms with Gasteiger partial charge in [-0.15, -0.1) is 13.2 Å². The van der Waals surface area contributed by atoms with Crippen LogP contribution in [0, 0.1) is 0 Å². The third-order valence-electron chi connectivity index (χ3n) is 2.06. The second-order valence-electron chi connectivity index (χ2n) is 3.28. The van der Waals surface area contributed by atoms with Crippen LogP contribution in [0.3, 0.4) is 0 Å². The van der Waals surface area contributed by atoms with Crippen molar-refractivity contribution in [3.05, 3.63) is 23.0 Å². The Bertz CT molecular complexity index is 489. The van der Waals surface area contributed by atoms with Crippen LogP contribution in [0.5, 0.6) is 5.75 Å². The third kappa shape index (κ3) is 3.50. The van der Waals surface area contributed by atoms with Crippen molar-refractivity contribution in [2.24, 2.45) is 11.5 Å². The molecular weight excluding hydrogens is 277 g/mol. The van der Waals surface area contributed by atoms with Crippen molar-refractivity contribution in [2.45, 2.75) is 19.3 Å². The highest BCUT2D eigenvalue weighted by molar-refractivity contribution is 5.96. The summed E-state index contributed by atoms with van der Waals surface area (Å²) in [5.41, 5.74) is 7.53. The zero-order chi connectivity index (χ0) is 14.8. The number of alkyl halides is 5. The van der Waals surface area contributed by atoms with E-state index in [4.69, 9.17) is 11.5 Å². The molecule has 1 amide bonds. The fourth-order valence-corrected chi connectivity index (χ4v) is 1.40. The van der Waals surface area contributed by atoms with Gasteiger partial charge >= 0.3 is 6.36 Å². The largest absolute Gasteiger partial charge is 0.573 e. The lowest BCUT2D eigenvalue weighted by atomic mass is 10.0. The zero-order valence-electron chi connectivity index (χ0n) is 9.17. The minimum absolute atomic E-state index is 0.420. The first kappa shape index (κ1) is 15.1. The summed E-state index contributed by atoms with van der Waals surface area (Å²) in [6, 6.07) is 0. The Hall–Kier alpha value is -1.97. The second kappa shape index (κ2) is 5.34. The number of ether oxygens (including phenoxy) is 1. The molecule has 0 fully saturated rings. The molecule has 0 saturated carbocycles. The Morgan fingerprint density at radius 2 is 2.00 bits per heavy atom. The van der Waals surface area contributed by atoms with Gasteiger partial charge in [-0.1, -0.05) is 0 Å². The van der Waals surface area contributed by atoms with Gasteiger partial charge in [-0.2, -0.15) is 0 Å². The van der Waals surface area contributed by atoms with E-state index >= 15 is 0 Å². The van der Waals surface area contributed by atoms with Gasteiger partial charge < -0.3 is 16.2 Å². The number of amides is 1. The van der Waals surface area contributed by atoms with Gasteiger partial charge in [-0.25, -0.2) is 8.78 Å². The number of aromatic nitrogens is 1. The molecule has 0 aromatic carbocycles. The molecule has 1 aromatic heterocycles. The highest BCUT2D eigenvalue weighted by atomic mass is 19.4. The highest BCUT2D eigenvalue weighted by Crippen LogP contribution is 2.32. The van der Waals surface area contributed by atoms with Crippen LogP contribution >= 0.6 is 0 Å². The van der Waals surface area contributed by atoms with Crippen molar-refractivity contribution in [1.82, 2.24) is 4.98 Å². The van der Waals surface area contributed by atoms with E-state index in [9.17, 15) is 26.7 Å². The van der Waals surface area contributed by atoms with Gasteiger partial charge in [-0.3, -0.25) is 9.78 Å². The third-order valence-corrected chi connectivity index (χ3v) is 2.06. The van der Waals surface area contributed by atoms with Crippen molar-refractivity contribution >= 4 is 5.91 Å². The molecule has 0 aliphatic heterocycles. The molecule has 0 spiro atoms. The van der Waals surface area contributed by atoms with Crippen molar-refractivity contribution in [1.29, 1.82) is 0 Å². The summed E-state index contributed by atoms with van der Waals surface area (Å²) in [5.74, 6) is -2.30. The SMILES string of the molecule is NCc1c(OC(F)(F)F)cnc(C(F)F)c1C(N)=O. The average Bonchev–Trinajstić information content (AvgIpc) is 2.25. The van der Waals surface area contributed by atoms with Gasteiger partial charge in [-0.05, 0) is 0 Å². The number of hydrogen-bond donors (Lipinski definition) is 2. The Balaban J connectivity index is 3.45. The van der Waals surface area contributed by atoms with Crippen LogP contribution in [-0.4, -0.2) is 17.3 Å². The molecule has 106 valence electrons. The number of pyridine rings is 1. The number of hydrogen-bond acceptors (Lipinski definition) is 4. The van der Waals surface area contributed by atoms with E-state index in [1.54, 1.807) is 0 Å².